The largest absolute Gasteiger partial charge is 0.573 e. The second kappa shape index (κ2) is 6.31. The lowest BCUT2D eigenvalue weighted by Crippen LogP contribution is -2.28. The number of hydrogen-bond donors (Lipinski definition) is 2. The molecule has 1 aromatic rings. The van der Waals surface area contributed by atoms with E-state index in [9.17, 15) is 27.2 Å². The first kappa shape index (κ1) is 18.5. The third kappa shape index (κ3) is 5.64. The molecule has 0 aliphatic carbocycles. The van der Waals surface area contributed by atoms with Gasteiger partial charge in [-0.15, -0.1) is 13.2 Å². The Morgan fingerprint density at radius 1 is 1.17 bits per heavy atom. The zero-order valence-electron chi connectivity index (χ0n) is 12.2. The van der Waals surface area contributed by atoms with E-state index < -0.39 is 46.8 Å². The summed E-state index contributed by atoms with van der Waals surface area (Å²) < 4.78 is 59.1. The third-order valence-electron chi connectivity index (χ3n) is 2.18. The average molecular weight is 339 g/mol. The van der Waals surface area contributed by atoms with E-state index in [1.165, 1.54) is 20.8 Å². The summed E-state index contributed by atoms with van der Waals surface area (Å²) in [6, 6.07) is 1.02. The number of carboxylic acid groups (broad SMARTS) is 1. The molecular formula is C13H13F4NO5. The highest BCUT2D eigenvalue weighted by molar-refractivity contribution is 6.01. The predicted octanol–water partition coefficient (Wildman–Crippen LogP) is 3.77. The Morgan fingerprint density at radius 2 is 1.74 bits per heavy atom. The number of amides is 1. The SMILES string of the molecule is CC(C)(C)OC(=O)Nc1c(OC(F)(F)F)ccc(F)c1C(=O)O. The lowest BCUT2D eigenvalue weighted by Gasteiger charge is -2.21. The van der Waals surface area contributed by atoms with Gasteiger partial charge in [0.15, 0.2) is 5.75 Å². The fourth-order valence-corrected chi connectivity index (χ4v) is 1.51. The van der Waals surface area contributed by atoms with Crippen molar-refractivity contribution >= 4 is 17.7 Å². The number of benzene rings is 1. The molecule has 0 atom stereocenters. The molecule has 10 heteroatoms. The second-order valence-electron chi connectivity index (χ2n) is 5.28. The number of carboxylic acids is 1. The zero-order chi connectivity index (χ0) is 18.0. The minimum absolute atomic E-state index is 0.477. The van der Waals surface area contributed by atoms with E-state index in [4.69, 9.17) is 9.84 Å². The van der Waals surface area contributed by atoms with Crippen LogP contribution in [0.15, 0.2) is 12.1 Å². The summed E-state index contributed by atoms with van der Waals surface area (Å²) in [4.78, 5) is 22.7. The van der Waals surface area contributed by atoms with Gasteiger partial charge in [-0.25, -0.2) is 14.0 Å². The number of carbonyl (C=O) groups is 2. The molecule has 23 heavy (non-hydrogen) atoms. The Hall–Kier alpha value is -2.52. The molecule has 1 aromatic carbocycles. The molecule has 0 heterocycles. The Kier molecular flexibility index (Phi) is 5.08. The van der Waals surface area contributed by atoms with Crippen molar-refractivity contribution < 1.29 is 41.7 Å². The molecule has 0 unspecified atom stereocenters. The number of carbonyl (C=O) groups excluding carboxylic acids is 1. The van der Waals surface area contributed by atoms with E-state index in [1.54, 1.807) is 5.32 Å². The molecule has 0 saturated carbocycles. The van der Waals surface area contributed by atoms with Crippen LogP contribution in [0.3, 0.4) is 0 Å². The minimum Gasteiger partial charge on any atom is -0.478 e. The van der Waals surface area contributed by atoms with E-state index in [-0.39, 0.29) is 0 Å². The van der Waals surface area contributed by atoms with Crippen LogP contribution in [0.25, 0.3) is 0 Å². The number of alkyl halides is 3. The van der Waals surface area contributed by atoms with Crippen LogP contribution in [0.2, 0.25) is 0 Å². The number of halogens is 4. The summed E-state index contributed by atoms with van der Waals surface area (Å²) in [6.45, 7) is 4.43. The standard InChI is InChI=1S/C13H13F4NO5/c1-12(2,3)23-11(21)18-9-7(22-13(15,16)17)5-4-6(14)8(9)10(19)20/h4-5H,1-3H3,(H,18,21)(H,19,20). The van der Waals surface area contributed by atoms with Gasteiger partial charge in [0.2, 0.25) is 0 Å². The van der Waals surface area contributed by atoms with Crippen LogP contribution in [0.1, 0.15) is 31.1 Å². The number of hydrogen-bond acceptors (Lipinski definition) is 4. The Balaban J connectivity index is 3.31. The molecule has 0 fully saturated rings. The molecule has 0 aliphatic rings. The molecule has 1 amide bonds. The van der Waals surface area contributed by atoms with E-state index >= 15 is 0 Å². The highest BCUT2D eigenvalue weighted by Crippen LogP contribution is 2.35. The van der Waals surface area contributed by atoms with Crippen LogP contribution in [0.5, 0.6) is 5.75 Å². The van der Waals surface area contributed by atoms with Crippen molar-refractivity contribution in [3.8, 4) is 5.75 Å². The zero-order valence-corrected chi connectivity index (χ0v) is 12.2. The van der Waals surface area contributed by atoms with E-state index in [2.05, 4.69) is 4.74 Å². The van der Waals surface area contributed by atoms with Gasteiger partial charge in [-0.2, -0.15) is 0 Å². The van der Waals surface area contributed by atoms with Gasteiger partial charge in [0.25, 0.3) is 0 Å². The van der Waals surface area contributed by atoms with Gasteiger partial charge in [-0.1, -0.05) is 0 Å². The average Bonchev–Trinajstić information content (AvgIpc) is 2.28. The van der Waals surface area contributed by atoms with Gasteiger partial charge in [0.05, 0.1) is 0 Å². The van der Waals surface area contributed by atoms with Crippen LogP contribution in [0, 0.1) is 5.82 Å². The Morgan fingerprint density at radius 3 is 2.17 bits per heavy atom. The van der Waals surface area contributed by atoms with Crippen molar-refractivity contribution in [3.63, 3.8) is 0 Å². The lowest BCUT2D eigenvalue weighted by atomic mass is 10.1. The van der Waals surface area contributed by atoms with E-state index in [1.807, 2.05) is 0 Å². The molecule has 0 radical (unpaired) electrons. The Bertz CT molecular complexity index is 622. The fourth-order valence-electron chi connectivity index (χ4n) is 1.51. The molecular weight excluding hydrogens is 326 g/mol. The number of rotatable bonds is 3. The molecule has 1 rings (SSSR count). The van der Waals surface area contributed by atoms with Crippen molar-refractivity contribution in [2.75, 3.05) is 5.32 Å². The highest BCUT2D eigenvalue weighted by Gasteiger charge is 2.34. The summed E-state index contributed by atoms with van der Waals surface area (Å²) >= 11 is 0. The van der Waals surface area contributed by atoms with Crippen molar-refractivity contribution in [3.05, 3.63) is 23.5 Å². The van der Waals surface area contributed by atoms with Gasteiger partial charge in [-0.3, -0.25) is 5.32 Å². The van der Waals surface area contributed by atoms with Crippen LogP contribution in [-0.2, 0) is 4.74 Å². The molecule has 128 valence electrons. The molecule has 0 bridgehead atoms. The van der Waals surface area contributed by atoms with Gasteiger partial charge in [-0.05, 0) is 32.9 Å². The topological polar surface area (TPSA) is 84.9 Å². The molecule has 2 N–H and O–H groups in total. The first-order valence-electron chi connectivity index (χ1n) is 6.11. The summed E-state index contributed by atoms with van der Waals surface area (Å²) in [5.74, 6) is -4.32. The summed E-state index contributed by atoms with van der Waals surface area (Å²) in [5.41, 5.74) is -3.19. The monoisotopic (exact) mass is 339 g/mol. The van der Waals surface area contributed by atoms with Crippen molar-refractivity contribution in [1.82, 2.24) is 0 Å². The molecule has 0 saturated heterocycles. The van der Waals surface area contributed by atoms with Gasteiger partial charge in [0.1, 0.15) is 22.7 Å². The molecule has 0 spiro atoms. The third-order valence-corrected chi connectivity index (χ3v) is 2.18. The summed E-state index contributed by atoms with van der Waals surface area (Å²) in [6.07, 6.45) is -6.43. The predicted molar refractivity (Wildman–Crippen MR) is 69.9 cm³/mol. The van der Waals surface area contributed by atoms with Crippen LogP contribution < -0.4 is 10.1 Å². The normalized spacial score (nSPS) is 11.8. The lowest BCUT2D eigenvalue weighted by molar-refractivity contribution is -0.274. The van der Waals surface area contributed by atoms with Gasteiger partial charge < -0.3 is 14.6 Å². The van der Waals surface area contributed by atoms with Gasteiger partial charge in [0, 0.05) is 0 Å². The first-order chi connectivity index (χ1) is 10.3. The highest BCUT2D eigenvalue weighted by atomic mass is 19.4. The fraction of sp³-hybridized carbons (Fsp3) is 0.385. The molecule has 6 nitrogen and oxygen atoms in total. The van der Waals surface area contributed by atoms with Crippen molar-refractivity contribution in [1.29, 1.82) is 0 Å². The Labute approximate surface area is 128 Å². The van der Waals surface area contributed by atoms with Crippen LogP contribution in [0.4, 0.5) is 28.0 Å². The van der Waals surface area contributed by atoms with Crippen molar-refractivity contribution in [2.45, 2.75) is 32.7 Å². The molecule has 0 aliphatic heterocycles. The summed E-state index contributed by atoms with van der Waals surface area (Å²) in [5, 5.41) is 10.7. The quantitative estimate of drug-likeness (QED) is 0.819. The van der Waals surface area contributed by atoms with Gasteiger partial charge >= 0.3 is 18.4 Å². The van der Waals surface area contributed by atoms with E-state index in [0.717, 1.165) is 0 Å². The van der Waals surface area contributed by atoms with E-state index in [0.29, 0.717) is 12.1 Å². The van der Waals surface area contributed by atoms with Crippen LogP contribution >= 0.6 is 0 Å². The number of ether oxygens (including phenoxy) is 2. The smallest absolute Gasteiger partial charge is 0.478 e. The number of nitrogens with one attached hydrogen (secondary N) is 1. The number of aromatic carboxylic acids is 1. The van der Waals surface area contributed by atoms with Crippen LogP contribution in [-0.4, -0.2) is 29.1 Å². The maximum absolute atomic E-state index is 13.6. The second-order valence-corrected chi connectivity index (χ2v) is 5.28. The molecule has 0 aromatic heterocycles. The summed E-state index contributed by atoms with van der Waals surface area (Å²) in [7, 11) is 0. The maximum atomic E-state index is 13.6. The number of anilines is 1. The first-order valence-corrected chi connectivity index (χ1v) is 6.11. The minimum atomic E-state index is -5.17. The maximum Gasteiger partial charge on any atom is 0.573 e. The van der Waals surface area contributed by atoms with Crippen molar-refractivity contribution in [2.24, 2.45) is 0 Å².